The van der Waals surface area contributed by atoms with Crippen LogP contribution in [-0.4, -0.2) is 17.9 Å². The molecule has 1 rings (SSSR count). The van der Waals surface area contributed by atoms with Crippen molar-refractivity contribution in [3.63, 3.8) is 0 Å². The van der Waals surface area contributed by atoms with Gasteiger partial charge in [-0.3, -0.25) is 4.79 Å². The Bertz CT molecular complexity index is 306. The van der Waals surface area contributed by atoms with Crippen LogP contribution in [0, 0.1) is 6.92 Å². The van der Waals surface area contributed by atoms with Gasteiger partial charge in [-0.05, 0) is 18.9 Å². The summed E-state index contributed by atoms with van der Waals surface area (Å²) in [6.07, 6.45) is 0.660. The summed E-state index contributed by atoms with van der Waals surface area (Å²) in [5.41, 5.74) is 2.35. The van der Waals surface area contributed by atoms with Crippen LogP contribution >= 0.6 is 15.9 Å². The third-order valence-electron chi connectivity index (χ3n) is 1.99. The molecule has 1 atom stereocenters. The molecule has 1 aromatic rings. The molecule has 0 heterocycles. The largest absolute Gasteiger partial charge is 0.468 e. The second-order valence-electron chi connectivity index (χ2n) is 3.18. The highest BCUT2D eigenvalue weighted by atomic mass is 79.9. The molecule has 0 unspecified atom stereocenters. The molecule has 0 amide bonds. The maximum Gasteiger partial charge on any atom is 0.319 e. The minimum absolute atomic E-state index is 0.231. The van der Waals surface area contributed by atoms with Crippen molar-refractivity contribution >= 4 is 21.9 Å². The monoisotopic (exact) mass is 256 g/mol. The Balaban J connectivity index is 2.60. The topological polar surface area (TPSA) is 26.3 Å². The van der Waals surface area contributed by atoms with Gasteiger partial charge >= 0.3 is 5.97 Å². The zero-order valence-corrected chi connectivity index (χ0v) is 9.87. The lowest BCUT2D eigenvalue weighted by Crippen LogP contribution is -2.17. The van der Waals surface area contributed by atoms with Crippen molar-refractivity contribution in [1.29, 1.82) is 0 Å². The molecule has 0 radical (unpaired) electrons. The Morgan fingerprint density at radius 1 is 1.43 bits per heavy atom. The molecule has 0 aliphatic heterocycles. The molecule has 3 heteroatoms. The highest BCUT2D eigenvalue weighted by Crippen LogP contribution is 2.12. The molecule has 0 fully saturated rings. The van der Waals surface area contributed by atoms with Gasteiger partial charge in [0, 0.05) is 0 Å². The van der Waals surface area contributed by atoms with Crippen LogP contribution in [0.15, 0.2) is 24.3 Å². The van der Waals surface area contributed by atoms with Crippen LogP contribution in [-0.2, 0) is 16.0 Å². The molecule has 0 bridgehead atoms. The van der Waals surface area contributed by atoms with Crippen LogP contribution in [0.5, 0.6) is 0 Å². The molecule has 0 saturated carbocycles. The maximum absolute atomic E-state index is 11.1. The van der Waals surface area contributed by atoms with E-state index in [2.05, 4.69) is 20.7 Å². The number of hydrogen-bond acceptors (Lipinski definition) is 2. The molecule has 14 heavy (non-hydrogen) atoms. The lowest BCUT2D eigenvalue weighted by molar-refractivity contribution is -0.139. The van der Waals surface area contributed by atoms with Crippen LogP contribution in [0.2, 0.25) is 0 Å². The predicted molar refractivity (Wildman–Crippen MR) is 59.6 cm³/mol. The van der Waals surface area contributed by atoms with E-state index in [9.17, 15) is 4.79 Å². The van der Waals surface area contributed by atoms with E-state index in [0.717, 1.165) is 5.56 Å². The third-order valence-corrected chi connectivity index (χ3v) is 2.69. The van der Waals surface area contributed by atoms with Crippen LogP contribution in [0.4, 0.5) is 0 Å². The lowest BCUT2D eigenvalue weighted by atomic mass is 10.1. The summed E-state index contributed by atoms with van der Waals surface area (Å²) in [4.78, 5) is 10.9. The number of benzene rings is 1. The average Bonchev–Trinajstić information content (AvgIpc) is 2.20. The second kappa shape index (κ2) is 5.15. The van der Waals surface area contributed by atoms with Crippen molar-refractivity contribution in [3.05, 3.63) is 35.4 Å². The summed E-state index contributed by atoms with van der Waals surface area (Å²) in [7, 11) is 1.39. The van der Waals surface area contributed by atoms with Crippen molar-refractivity contribution in [2.45, 2.75) is 18.2 Å². The van der Waals surface area contributed by atoms with E-state index in [1.165, 1.54) is 12.7 Å². The van der Waals surface area contributed by atoms with Gasteiger partial charge < -0.3 is 4.74 Å². The smallest absolute Gasteiger partial charge is 0.319 e. The van der Waals surface area contributed by atoms with E-state index in [-0.39, 0.29) is 10.8 Å². The number of esters is 1. The molecule has 0 aliphatic rings. The SMILES string of the molecule is COC(=O)[C@H](Br)Cc1ccc(C)cc1. The maximum atomic E-state index is 11.1. The van der Waals surface area contributed by atoms with Gasteiger partial charge in [-0.25, -0.2) is 0 Å². The average molecular weight is 257 g/mol. The summed E-state index contributed by atoms with van der Waals surface area (Å²) >= 11 is 3.28. The van der Waals surface area contributed by atoms with Gasteiger partial charge in [0.15, 0.2) is 0 Å². The number of rotatable bonds is 3. The first-order valence-electron chi connectivity index (χ1n) is 4.41. The molecule has 0 N–H and O–H groups in total. The van der Waals surface area contributed by atoms with Crippen molar-refractivity contribution in [2.24, 2.45) is 0 Å². The Hall–Kier alpha value is -0.830. The highest BCUT2D eigenvalue weighted by Gasteiger charge is 2.15. The number of carbonyl (C=O) groups excluding carboxylic acids is 1. The van der Waals surface area contributed by atoms with Gasteiger partial charge in [0.1, 0.15) is 4.83 Å². The Morgan fingerprint density at radius 3 is 2.50 bits per heavy atom. The van der Waals surface area contributed by atoms with Gasteiger partial charge in [0.2, 0.25) is 0 Å². The van der Waals surface area contributed by atoms with Gasteiger partial charge in [-0.15, -0.1) is 0 Å². The van der Waals surface area contributed by atoms with Gasteiger partial charge in [-0.2, -0.15) is 0 Å². The molecule has 76 valence electrons. The molecular weight excluding hydrogens is 244 g/mol. The van der Waals surface area contributed by atoms with Crippen LogP contribution in [0.3, 0.4) is 0 Å². The number of methoxy groups -OCH3 is 1. The quantitative estimate of drug-likeness (QED) is 0.614. The zero-order chi connectivity index (χ0) is 10.6. The third kappa shape index (κ3) is 3.14. The van der Waals surface area contributed by atoms with Crippen LogP contribution in [0.1, 0.15) is 11.1 Å². The standard InChI is InChI=1S/C11H13BrO2/c1-8-3-5-9(6-4-8)7-10(12)11(13)14-2/h3-6,10H,7H2,1-2H3/t10-/m1/s1. The fourth-order valence-electron chi connectivity index (χ4n) is 1.14. The second-order valence-corrected chi connectivity index (χ2v) is 4.29. The molecule has 0 aliphatic carbocycles. The Morgan fingerprint density at radius 2 is 2.00 bits per heavy atom. The van der Waals surface area contributed by atoms with Crippen molar-refractivity contribution < 1.29 is 9.53 Å². The molecule has 0 aromatic heterocycles. The number of ether oxygens (including phenoxy) is 1. The zero-order valence-electron chi connectivity index (χ0n) is 8.29. The number of alkyl halides is 1. The first-order valence-corrected chi connectivity index (χ1v) is 5.32. The first-order chi connectivity index (χ1) is 6.63. The fourth-order valence-corrected chi connectivity index (χ4v) is 1.70. The van der Waals surface area contributed by atoms with Crippen molar-refractivity contribution in [1.82, 2.24) is 0 Å². The van der Waals surface area contributed by atoms with E-state index in [0.29, 0.717) is 6.42 Å². The van der Waals surface area contributed by atoms with Gasteiger partial charge in [-0.1, -0.05) is 45.8 Å². The normalized spacial score (nSPS) is 12.2. The molecule has 1 aromatic carbocycles. The molecular formula is C11H13BrO2. The van der Waals surface area contributed by atoms with Gasteiger partial charge in [0.05, 0.1) is 7.11 Å². The summed E-state index contributed by atoms with van der Waals surface area (Å²) in [6.45, 7) is 2.04. The number of hydrogen-bond donors (Lipinski definition) is 0. The van der Waals surface area contributed by atoms with E-state index in [1.807, 2.05) is 31.2 Å². The summed E-state index contributed by atoms with van der Waals surface area (Å²) in [5.74, 6) is -0.231. The van der Waals surface area contributed by atoms with Crippen LogP contribution in [0.25, 0.3) is 0 Å². The molecule has 2 nitrogen and oxygen atoms in total. The number of aryl methyl sites for hydroxylation is 1. The van der Waals surface area contributed by atoms with Crippen molar-refractivity contribution in [2.75, 3.05) is 7.11 Å². The van der Waals surface area contributed by atoms with E-state index < -0.39 is 0 Å². The molecule has 0 spiro atoms. The van der Waals surface area contributed by atoms with Crippen molar-refractivity contribution in [3.8, 4) is 0 Å². The fraction of sp³-hybridized carbons (Fsp3) is 0.364. The predicted octanol–water partition coefficient (Wildman–Crippen LogP) is 2.47. The first kappa shape index (κ1) is 11.2. The van der Waals surface area contributed by atoms with Gasteiger partial charge in [0.25, 0.3) is 0 Å². The number of carbonyl (C=O) groups is 1. The highest BCUT2D eigenvalue weighted by molar-refractivity contribution is 9.10. The minimum atomic E-state index is -0.254. The molecule has 0 saturated heterocycles. The Kier molecular flexibility index (Phi) is 4.14. The Labute approximate surface area is 92.4 Å². The minimum Gasteiger partial charge on any atom is -0.468 e. The lowest BCUT2D eigenvalue weighted by Gasteiger charge is -2.07. The van der Waals surface area contributed by atoms with Crippen LogP contribution < -0.4 is 0 Å². The van der Waals surface area contributed by atoms with E-state index in [1.54, 1.807) is 0 Å². The summed E-state index contributed by atoms with van der Waals surface area (Å²) in [5, 5.41) is 0. The van der Waals surface area contributed by atoms with E-state index in [4.69, 9.17) is 0 Å². The summed E-state index contributed by atoms with van der Waals surface area (Å²) < 4.78 is 4.62. The number of halogens is 1. The summed E-state index contributed by atoms with van der Waals surface area (Å²) in [6, 6.07) is 8.11. The van der Waals surface area contributed by atoms with E-state index >= 15 is 0 Å².